The van der Waals surface area contributed by atoms with E-state index in [2.05, 4.69) is 5.09 Å². The fourth-order valence-electron chi connectivity index (χ4n) is 0.137. The van der Waals surface area contributed by atoms with E-state index in [0.717, 1.165) is 0 Å². The maximum Gasteiger partial charge on any atom is 0.246 e. The predicted molar refractivity (Wildman–Crippen MR) is 30.5 cm³/mol. The molecule has 0 radical (unpaired) electrons. The first kappa shape index (κ1) is 7.06. The first-order chi connectivity index (χ1) is 3.06. The van der Waals surface area contributed by atoms with Gasteiger partial charge in [0, 0.05) is 5.54 Å². The number of hydrogen-bond donors (Lipinski definition) is 1. The monoisotopic (exact) mass is 119 g/mol. The molecule has 0 bridgehead atoms. The summed E-state index contributed by atoms with van der Waals surface area (Å²) in [7, 11) is 0.00887. The van der Waals surface area contributed by atoms with Gasteiger partial charge in [-0.25, -0.2) is 5.09 Å². The molecule has 0 aromatic carbocycles. The SMILES string of the molecule is CC(C)(C)NP=O. The van der Waals surface area contributed by atoms with Gasteiger partial charge in [-0.2, -0.15) is 0 Å². The second-order valence-corrected chi connectivity index (χ2v) is 2.86. The first-order valence-electron chi connectivity index (χ1n) is 2.16. The fraction of sp³-hybridized carbons (Fsp3) is 1.00. The molecule has 3 heteroatoms. The molecule has 0 fully saturated rings. The van der Waals surface area contributed by atoms with E-state index in [1.165, 1.54) is 0 Å². The maximum atomic E-state index is 9.81. The van der Waals surface area contributed by atoms with Gasteiger partial charge < -0.3 is 0 Å². The van der Waals surface area contributed by atoms with E-state index in [0.29, 0.717) is 0 Å². The highest BCUT2D eigenvalue weighted by atomic mass is 31.1. The van der Waals surface area contributed by atoms with E-state index >= 15 is 0 Å². The Bertz CT molecular complexity index is 66.6. The van der Waals surface area contributed by atoms with Crippen LogP contribution in [-0.2, 0) is 4.57 Å². The standard InChI is InChI=1S/C4H10NOP/c1-4(2,3)5-7-6/h1-3H3,(H,5,6). The number of hydrogen-bond acceptors (Lipinski definition) is 1. The van der Waals surface area contributed by atoms with Gasteiger partial charge in [0.1, 0.15) is 0 Å². The summed E-state index contributed by atoms with van der Waals surface area (Å²) >= 11 is 0. The van der Waals surface area contributed by atoms with Gasteiger partial charge in [-0.15, -0.1) is 0 Å². The van der Waals surface area contributed by atoms with Crippen LogP contribution in [0.1, 0.15) is 20.8 Å². The fourth-order valence-corrected chi connectivity index (χ4v) is 0.411. The molecule has 7 heavy (non-hydrogen) atoms. The van der Waals surface area contributed by atoms with Crippen LogP contribution in [0.2, 0.25) is 0 Å². The third-order valence-corrected chi connectivity index (χ3v) is 1.14. The van der Waals surface area contributed by atoms with Gasteiger partial charge >= 0.3 is 0 Å². The van der Waals surface area contributed by atoms with Crippen LogP contribution in [0.5, 0.6) is 0 Å². The molecule has 0 aromatic heterocycles. The van der Waals surface area contributed by atoms with Crippen LogP contribution in [0.4, 0.5) is 0 Å². The summed E-state index contributed by atoms with van der Waals surface area (Å²) in [5, 5.41) is 2.70. The minimum Gasteiger partial charge on any atom is -0.256 e. The molecule has 0 rings (SSSR count). The van der Waals surface area contributed by atoms with Crippen molar-refractivity contribution >= 4 is 8.61 Å². The van der Waals surface area contributed by atoms with E-state index in [4.69, 9.17) is 0 Å². The summed E-state index contributed by atoms with van der Waals surface area (Å²) in [6.07, 6.45) is 0. The molecular weight excluding hydrogens is 109 g/mol. The second kappa shape index (κ2) is 2.39. The Morgan fingerprint density at radius 1 is 1.43 bits per heavy atom. The molecule has 0 aliphatic carbocycles. The van der Waals surface area contributed by atoms with E-state index in [1.807, 2.05) is 20.8 Å². The summed E-state index contributed by atoms with van der Waals surface area (Å²) in [6.45, 7) is 5.87. The zero-order chi connectivity index (χ0) is 5.91. The van der Waals surface area contributed by atoms with Gasteiger partial charge in [0.25, 0.3) is 0 Å². The van der Waals surface area contributed by atoms with Crippen molar-refractivity contribution in [2.45, 2.75) is 26.3 Å². The van der Waals surface area contributed by atoms with E-state index < -0.39 is 0 Å². The number of nitrogens with one attached hydrogen (secondary N) is 1. The normalized spacial score (nSPS) is 12.4. The Morgan fingerprint density at radius 3 is 1.86 bits per heavy atom. The summed E-state index contributed by atoms with van der Waals surface area (Å²) in [4.78, 5) is 0. The second-order valence-electron chi connectivity index (χ2n) is 2.45. The van der Waals surface area contributed by atoms with Crippen LogP contribution in [0, 0.1) is 0 Å². The van der Waals surface area contributed by atoms with Crippen molar-refractivity contribution in [2.75, 3.05) is 0 Å². The summed E-state index contributed by atoms with van der Waals surface area (Å²) in [6, 6.07) is 0. The van der Waals surface area contributed by atoms with Crippen molar-refractivity contribution in [2.24, 2.45) is 0 Å². The van der Waals surface area contributed by atoms with Crippen molar-refractivity contribution in [3.8, 4) is 0 Å². The smallest absolute Gasteiger partial charge is 0.246 e. The zero-order valence-corrected chi connectivity index (χ0v) is 5.75. The van der Waals surface area contributed by atoms with Gasteiger partial charge in [-0.3, -0.25) is 4.57 Å². The molecule has 0 spiro atoms. The third-order valence-electron chi connectivity index (χ3n) is 0.381. The van der Waals surface area contributed by atoms with Crippen LogP contribution in [0.15, 0.2) is 0 Å². The van der Waals surface area contributed by atoms with Gasteiger partial charge in [0.2, 0.25) is 8.61 Å². The number of rotatable bonds is 1. The van der Waals surface area contributed by atoms with Crippen LogP contribution in [-0.4, -0.2) is 5.54 Å². The highest BCUT2D eigenvalue weighted by Gasteiger charge is 2.06. The predicted octanol–water partition coefficient (Wildman–Crippen LogP) is 1.58. The van der Waals surface area contributed by atoms with Crippen LogP contribution >= 0.6 is 8.61 Å². The molecule has 0 atom stereocenters. The topological polar surface area (TPSA) is 29.1 Å². The Kier molecular flexibility index (Phi) is 2.41. The van der Waals surface area contributed by atoms with Crippen molar-refractivity contribution < 1.29 is 4.57 Å². The molecule has 42 valence electrons. The average Bonchev–Trinajstić information content (AvgIpc) is 1.30. The van der Waals surface area contributed by atoms with Gasteiger partial charge in [-0.05, 0) is 20.8 Å². The highest BCUT2D eigenvalue weighted by molar-refractivity contribution is 7.21. The molecule has 0 aliphatic heterocycles. The molecule has 0 heterocycles. The van der Waals surface area contributed by atoms with Crippen LogP contribution < -0.4 is 5.09 Å². The molecule has 0 amide bonds. The molecule has 0 unspecified atom stereocenters. The zero-order valence-electron chi connectivity index (χ0n) is 4.86. The van der Waals surface area contributed by atoms with Crippen molar-refractivity contribution in [1.29, 1.82) is 0 Å². The van der Waals surface area contributed by atoms with Gasteiger partial charge in [0.15, 0.2) is 0 Å². The minimum absolute atomic E-state index is 0.00887. The lowest BCUT2D eigenvalue weighted by molar-refractivity contribution is 0.509. The lowest BCUT2D eigenvalue weighted by Gasteiger charge is -2.12. The minimum atomic E-state index is -0.0245. The Hall–Kier alpha value is 0.0600. The highest BCUT2D eigenvalue weighted by Crippen LogP contribution is 2.02. The first-order valence-corrected chi connectivity index (χ1v) is 2.97. The van der Waals surface area contributed by atoms with Gasteiger partial charge in [-0.1, -0.05) is 0 Å². The summed E-state index contributed by atoms with van der Waals surface area (Å²) in [5.41, 5.74) is -0.0245. The molecule has 0 saturated heterocycles. The lowest BCUT2D eigenvalue weighted by Crippen LogP contribution is -2.27. The molecular formula is C4H10NOP. The molecule has 0 saturated carbocycles. The molecule has 0 aliphatic rings. The molecule has 0 aromatic rings. The van der Waals surface area contributed by atoms with Crippen molar-refractivity contribution in [3.05, 3.63) is 0 Å². The molecule has 2 nitrogen and oxygen atoms in total. The van der Waals surface area contributed by atoms with Crippen molar-refractivity contribution in [3.63, 3.8) is 0 Å². The summed E-state index contributed by atoms with van der Waals surface area (Å²) < 4.78 is 9.81. The van der Waals surface area contributed by atoms with Gasteiger partial charge in [0.05, 0.1) is 0 Å². The van der Waals surface area contributed by atoms with E-state index in [1.54, 1.807) is 0 Å². The lowest BCUT2D eigenvalue weighted by atomic mass is 10.1. The van der Waals surface area contributed by atoms with E-state index in [-0.39, 0.29) is 14.1 Å². The quantitative estimate of drug-likeness (QED) is 0.531. The Balaban J connectivity index is 3.34. The molecule has 1 N–H and O–H groups in total. The largest absolute Gasteiger partial charge is 0.256 e. The maximum absolute atomic E-state index is 9.81. The van der Waals surface area contributed by atoms with Crippen LogP contribution in [0.25, 0.3) is 0 Å². The average molecular weight is 119 g/mol. The third kappa shape index (κ3) is 6.06. The Labute approximate surface area is 45.6 Å². The van der Waals surface area contributed by atoms with E-state index in [9.17, 15) is 4.57 Å². The summed E-state index contributed by atoms with van der Waals surface area (Å²) in [5.74, 6) is 0. The Morgan fingerprint density at radius 2 is 1.86 bits per heavy atom. The van der Waals surface area contributed by atoms with Crippen LogP contribution in [0.3, 0.4) is 0 Å². The van der Waals surface area contributed by atoms with Crippen molar-refractivity contribution in [1.82, 2.24) is 5.09 Å².